The molecule has 1 atom stereocenters. The number of carbonyl (C=O) groups is 2. The Morgan fingerprint density at radius 2 is 1.80 bits per heavy atom. The number of primary amides is 1. The summed E-state index contributed by atoms with van der Waals surface area (Å²) in [6.45, 7) is 0. The van der Waals surface area contributed by atoms with E-state index in [1.54, 1.807) is 4.90 Å². The van der Waals surface area contributed by atoms with Gasteiger partial charge in [-0.2, -0.15) is 0 Å². The number of nitrogens with zero attached hydrogens (tertiary/aromatic N) is 1. The first kappa shape index (κ1) is 13.2. The van der Waals surface area contributed by atoms with E-state index in [4.69, 9.17) is 5.73 Å². The Labute approximate surface area is 118 Å². The van der Waals surface area contributed by atoms with Crippen LogP contribution in [0.3, 0.4) is 0 Å². The molecule has 20 heavy (non-hydrogen) atoms. The van der Waals surface area contributed by atoms with Crippen LogP contribution in [0.4, 0.5) is 5.69 Å². The zero-order chi connectivity index (χ0) is 14.1. The summed E-state index contributed by atoms with van der Waals surface area (Å²) in [7, 11) is 0. The molecule has 106 valence electrons. The molecule has 1 saturated carbocycles. The van der Waals surface area contributed by atoms with Crippen LogP contribution in [0.25, 0.3) is 0 Å². The van der Waals surface area contributed by atoms with E-state index in [1.807, 2.05) is 24.3 Å². The molecule has 0 aromatic heterocycles. The highest BCUT2D eigenvalue weighted by atomic mass is 16.2. The summed E-state index contributed by atoms with van der Waals surface area (Å²) in [6.07, 6.45) is 5.83. The molecule has 1 fully saturated rings. The lowest BCUT2D eigenvalue weighted by Crippen LogP contribution is -2.48. The van der Waals surface area contributed by atoms with Crippen molar-refractivity contribution in [1.29, 1.82) is 0 Å². The largest absolute Gasteiger partial charge is 0.368 e. The zero-order valence-electron chi connectivity index (χ0n) is 11.5. The van der Waals surface area contributed by atoms with E-state index in [2.05, 4.69) is 0 Å². The molecular formula is C16H20N2O2. The molecule has 4 nitrogen and oxygen atoms in total. The fraction of sp³-hybridized carbons (Fsp3) is 0.500. The predicted octanol–water partition coefficient (Wildman–Crippen LogP) is 2.01. The van der Waals surface area contributed by atoms with Crippen LogP contribution in [-0.4, -0.2) is 17.9 Å². The SMILES string of the molecule is NC(=O)C1Cc2ccccc2N1C(=O)C1CCCCC1. The van der Waals surface area contributed by atoms with E-state index >= 15 is 0 Å². The van der Waals surface area contributed by atoms with Gasteiger partial charge in [-0.15, -0.1) is 0 Å². The minimum Gasteiger partial charge on any atom is -0.368 e. The van der Waals surface area contributed by atoms with Crippen LogP contribution >= 0.6 is 0 Å². The second kappa shape index (κ2) is 5.27. The summed E-state index contributed by atoms with van der Waals surface area (Å²) in [4.78, 5) is 26.2. The molecule has 1 aliphatic heterocycles. The summed E-state index contributed by atoms with van der Waals surface area (Å²) in [5, 5.41) is 0. The van der Waals surface area contributed by atoms with Crippen LogP contribution in [0.5, 0.6) is 0 Å². The smallest absolute Gasteiger partial charge is 0.240 e. The maximum Gasteiger partial charge on any atom is 0.240 e. The van der Waals surface area contributed by atoms with Gasteiger partial charge in [-0.3, -0.25) is 14.5 Å². The Morgan fingerprint density at radius 3 is 2.50 bits per heavy atom. The molecule has 1 aromatic carbocycles. The van der Waals surface area contributed by atoms with E-state index in [0.29, 0.717) is 6.42 Å². The highest BCUT2D eigenvalue weighted by Crippen LogP contribution is 2.35. The molecule has 1 aliphatic carbocycles. The summed E-state index contributed by atoms with van der Waals surface area (Å²) in [5.74, 6) is -0.277. The molecule has 2 N–H and O–H groups in total. The molecule has 2 amide bonds. The number of hydrogen-bond acceptors (Lipinski definition) is 2. The highest BCUT2D eigenvalue weighted by Gasteiger charge is 2.39. The Morgan fingerprint density at radius 1 is 1.10 bits per heavy atom. The predicted molar refractivity (Wildman–Crippen MR) is 77.2 cm³/mol. The van der Waals surface area contributed by atoms with Crippen LogP contribution in [0, 0.1) is 5.92 Å². The van der Waals surface area contributed by atoms with Crippen LogP contribution in [-0.2, 0) is 16.0 Å². The fourth-order valence-electron chi connectivity index (χ4n) is 3.43. The topological polar surface area (TPSA) is 63.4 Å². The van der Waals surface area contributed by atoms with Gasteiger partial charge in [-0.25, -0.2) is 0 Å². The Bertz CT molecular complexity index is 535. The van der Waals surface area contributed by atoms with Gasteiger partial charge in [-0.05, 0) is 24.5 Å². The monoisotopic (exact) mass is 272 g/mol. The number of amides is 2. The van der Waals surface area contributed by atoms with Crippen molar-refractivity contribution in [3.63, 3.8) is 0 Å². The number of para-hydroxylation sites is 1. The van der Waals surface area contributed by atoms with Crippen molar-refractivity contribution in [2.45, 2.75) is 44.6 Å². The van der Waals surface area contributed by atoms with Crippen LogP contribution in [0.1, 0.15) is 37.7 Å². The van der Waals surface area contributed by atoms with Crippen molar-refractivity contribution in [1.82, 2.24) is 0 Å². The standard InChI is InChI=1S/C16H20N2O2/c17-15(19)14-10-12-8-4-5-9-13(12)18(14)16(20)11-6-2-1-3-7-11/h4-5,8-9,11,14H,1-3,6-7,10H2,(H2,17,19). The van der Waals surface area contributed by atoms with Crippen molar-refractivity contribution in [3.8, 4) is 0 Å². The normalized spacial score (nSPS) is 22.6. The van der Waals surface area contributed by atoms with Crippen LogP contribution < -0.4 is 10.6 Å². The molecule has 0 bridgehead atoms. The van der Waals surface area contributed by atoms with Crippen molar-refractivity contribution in [2.24, 2.45) is 11.7 Å². The minimum atomic E-state index is -0.512. The molecule has 0 saturated heterocycles. The van der Waals surface area contributed by atoms with Crippen molar-refractivity contribution in [2.75, 3.05) is 4.90 Å². The first-order valence-corrected chi connectivity index (χ1v) is 7.39. The third-order valence-electron chi connectivity index (χ3n) is 4.50. The highest BCUT2D eigenvalue weighted by molar-refractivity contribution is 6.04. The molecule has 0 spiro atoms. The zero-order valence-corrected chi connectivity index (χ0v) is 11.5. The minimum absolute atomic E-state index is 0.0526. The number of carbonyl (C=O) groups excluding carboxylic acids is 2. The summed E-state index contributed by atoms with van der Waals surface area (Å²) >= 11 is 0. The number of hydrogen-bond donors (Lipinski definition) is 1. The number of fused-ring (bicyclic) bond motifs is 1. The van der Waals surface area contributed by atoms with Gasteiger partial charge in [-0.1, -0.05) is 37.5 Å². The molecule has 4 heteroatoms. The van der Waals surface area contributed by atoms with E-state index < -0.39 is 11.9 Å². The second-order valence-corrected chi connectivity index (χ2v) is 5.79. The Hall–Kier alpha value is -1.84. The lowest BCUT2D eigenvalue weighted by Gasteiger charge is -2.29. The van der Waals surface area contributed by atoms with Crippen LogP contribution in [0.2, 0.25) is 0 Å². The maximum absolute atomic E-state index is 12.8. The van der Waals surface area contributed by atoms with Gasteiger partial charge in [0.1, 0.15) is 6.04 Å². The first-order chi connectivity index (χ1) is 9.68. The molecule has 3 rings (SSSR count). The summed E-state index contributed by atoms with van der Waals surface area (Å²) in [6, 6.07) is 7.22. The third kappa shape index (κ3) is 2.19. The average molecular weight is 272 g/mol. The number of benzene rings is 1. The van der Waals surface area contributed by atoms with Crippen LogP contribution in [0.15, 0.2) is 24.3 Å². The molecule has 1 aromatic rings. The quantitative estimate of drug-likeness (QED) is 0.895. The molecule has 1 heterocycles. The van der Waals surface area contributed by atoms with E-state index in [9.17, 15) is 9.59 Å². The molecule has 0 radical (unpaired) electrons. The third-order valence-corrected chi connectivity index (χ3v) is 4.50. The van der Waals surface area contributed by atoms with Gasteiger partial charge in [0.15, 0.2) is 0 Å². The lowest BCUT2D eigenvalue weighted by molar-refractivity contribution is -0.127. The summed E-state index contributed by atoms with van der Waals surface area (Å²) in [5.41, 5.74) is 7.41. The number of rotatable bonds is 2. The van der Waals surface area contributed by atoms with Crippen molar-refractivity contribution < 1.29 is 9.59 Å². The fourth-order valence-corrected chi connectivity index (χ4v) is 3.43. The Balaban J connectivity index is 1.91. The summed E-state index contributed by atoms with van der Waals surface area (Å²) < 4.78 is 0. The lowest BCUT2D eigenvalue weighted by atomic mass is 9.88. The van der Waals surface area contributed by atoms with E-state index in [1.165, 1.54) is 6.42 Å². The van der Waals surface area contributed by atoms with E-state index in [-0.39, 0.29) is 11.8 Å². The molecule has 2 aliphatic rings. The van der Waals surface area contributed by atoms with Crippen molar-refractivity contribution >= 4 is 17.5 Å². The molecule has 1 unspecified atom stereocenters. The van der Waals surface area contributed by atoms with Gasteiger partial charge in [0.25, 0.3) is 0 Å². The van der Waals surface area contributed by atoms with Gasteiger partial charge >= 0.3 is 0 Å². The first-order valence-electron chi connectivity index (χ1n) is 7.39. The van der Waals surface area contributed by atoms with E-state index in [0.717, 1.165) is 36.9 Å². The second-order valence-electron chi connectivity index (χ2n) is 5.79. The Kier molecular flexibility index (Phi) is 3.47. The average Bonchev–Trinajstić information content (AvgIpc) is 2.87. The van der Waals surface area contributed by atoms with Gasteiger partial charge in [0, 0.05) is 18.0 Å². The van der Waals surface area contributed by atoms with Crippen molar-refractivity contribution in [3.05, 3.63) is 29.8 Å². The van der Waals surface area contributed by atoms with Gasteiger partial charge < -0.3 is 5.73 Å². The maximum atomic E-state index is 12.8. The molecular weight excluding hydrogens is 252 g/mol. The number of anilines is 1. The van der Waals surface area contributed by atoms with Gasteiger partial charge in [0.2, 0.25) is 11.8 Å². The van der Waals surface area contributed by atoms with Gasteiger partial charge in [0.05, 0.1) is 0 Å². The number of nitrogens with two attached hydrogens (primary N) is 1.